The van der Waals surface area contributed by atoms with Gasteiger partial charge in [-0.25, -0.2) is 0 Å². The molecule has 4 aromatic rings. The van der Waals surface area contributed by atoms with Crippen LogP contribution in [-0.4, -0.2) is 10.5 Å². The smallest absolute Gasteiger partial charge is 0.0795 e. The fourth-order valence-electron chi connectivity index (χ4n) is 5.17. The van der Waals surface area contributed by atoms with E-state index in [2.05, 4.69) is 118 Å². The van der Waals surface area contributed by atoms with Crippen LogP contribution >= 0.6 is 23.5 Å². The van der Waals surface area contributed by atoms with Crippen molar-refractivity contribution in [3.05, 3.63) is 97.1 Å². The summed E-state index contributed by atoms with van der Waals surface area (Å²) in [7, 11) is 0.0656. The van der Waals surface area contributed by atoms with Crippen LogP contribution in [0.1, 0.15) is 20.8 Å². The second kappa shape index (κ2) is 9.39. The van der Waals surface area contributed by atoms with Crippen molar-refractivity contribution in [2.24, 2.45) is 5.92 Å². The molecule has 0 amide bonds. The van der Waals surface area contributed by atoms with Gasteiger partial charge in [0.1, 0.15) is 0 Å². The van der Waals surface area contributed by atoms with Crippen molar-refractivity contribution in [1.82, 2.24) is 0 Å². The Hall–Kier alpha value is -1.72. The molecule has 2 atom stereocenters. The van der Waals surface area contributed by atoms with Gasteiger partial charge in [-0.2, -0.15) is 0 Å². The minimum absolute atomic E-state index is 0.0315. The fraction of sp³-hybridized carbons (Fsp3) is 0.200. The van der Waals surface area contributed by atoms with Gasteiger partial charge in [0, 0.05) is 5.92 Å². The first-order valence-electron chi connectivity index (χ1n) is 11.8. The maximum atomic E-state index is 2.54. The van der Waals surface area contributed by atoms with Crippen molar-refractivity contribution >= 4 is 45.3 Å². The maximum Gasteiger partial charge on any atom is 0.178 e. The van der Waals surface area contributed by atoms with Gasteiger partial charge >= 0.3 is 0 Å². The van der Waals surface area contributed by atoms with E-state index in [0.29, 0.717) is 16.4 Å². The van der Waals surface area contributed by atoms with Crippen molar-refractivity contribution in [2.75, 3.05) is 0 Å². The molecule has 0 nitrogen and oxygen atoms in total. The van der Waals surface area contributed by atoms with Crippen LogP contribution < -0.4 is 0 Å². The predicted molar refractivity (Wildman–Crippen MR) is 150 cm³/mol. The number of hydrogen-bond acceptors (Lipinski definition) is 2. The SMILES string of the molecule is CC(C)[C@H]([C@@H](C)[S+]1c2ccccc2Sc2ccccc21)[S+]1c2ccccc2Sc2ccccc21. The molecule has 0 saturated carbocycles. The van der Waals surface area contributed by atoms with Crippen LogP contribution in [0, 0.1) is 5.92 Å². The van der Waals surface area contributed by atoms with E-state index in [4.69, 9.17) is 0 Å². The molecule has 0 aromatic heterocycles. The molecule has 34 heavy (non-hydrogen) atoms. The van der Waals surface area contributed by atoms with E-state index in [9.17, 15) is 0 Å². The van der Waals surface area contributed by atoms with Gasteiger partial charge < -0.3 is 0 Å². The lowest BCUT2D eigenvalue weighted by Gasteiger charge is -2.31. The molecule has 4 heteroatoms. The Balaban J connectivity index is 1.53. The normalized spacial score (nSPS) is 16.8. The summed E-state index contributed by atoms with van der Waals surface area (Å²) in [6.45, 7) is 7.43. The second-order valence-electron chi connectivity index (χ2n) is 9.08. The van der Waals surface area contributed by atoms with Crippen LogP contribution in [0.4, 0.5) is 0 Å². The van der Waals surface area contributed by atoms with E-state index >= 15 is 0 Å². The van der Waals surface area contributed by atoms with Crippen molar-refractivity contribution in [1.29, 1.82) is 0 Å². The fourth-order valence-corrected chi connectivity index (χ4v) is 14.6. The molecule has 0 N–H and O–H groups in total. The van der Waals surface area contributed by atoms with Gasteiger partial charge in [-0.15, -0.1) is 0 Å². The number of rotatable bonds is 4. The lowest BCUT2D eigenvalue weighted by Crippen LogP contribution is -2.43. The minimum atomic E-state index is 0.0315. The van der Waals surface area contributed by atoms with Crippen molar-refractivity contribution in [3.8, 4) is 0 Å². The van der Waals surface area contributed by atoms with Crippen molar-refractivity contribution in [3.63, 3.8) is 0 Å². The molecule has 0 aliphatic carbocycles. The van der Waals surface area contributed by atoms with Gasteiger partial charge in [-0.1, -0.05) is 85.9 Å². The Morgan fingerprint density at radius 2 is 0.794 bits per heavy atom. The Morgan fingerprint density at radius 1 is 0.471 bits per heavy atom. The molecule has 4 aromatic carbocycles. The molecular formula is C30H28S4+2. The molecule has 0 radical (unpaired) electrons. The average molecular weight is 517 g/mol. The highest BCUT2D eigenvalue weighted by Gasteiger charge is 2.54. The zero-order chi connectivity index (χ0) is 23.2. The Bertz CT molecular complexity index is 1250. The summed E-state index contributed by atoms with van der Waals surface area (Å²) in [5.74, 6) is 0.573. The summed E-state index contributed by atoms with van der Waals surface area (Å²) in [6.07, 6.45) is 0. The third kappa shape index (κ3) is 3.83. The van der Waals surface area contributed by atoms with E-state index < -0.39 is 0 Å². The Kier molecular flexibility index (Phi) is 6.27. The van der Waals surface area contributed by atoms with Gasteiger partial charge in [-0.05, 0) is 55.5 Å². The Labute approximate surface area is 217 Å². The first-order chi connectivity index (χ1) is 16.6. The monoisotopic (exact) mass is 516 g/mol. The standard InChI is InChI=1S/C30H28S4/c1-20(2)30(34-28-18-10-6-14-24(28)32-25-15-7-11-19-29(25)34)21(3)33-26-16-8-4-12-22(26)31-23-13-5-9-17-27(23)33/h4-21,30H,1-3H3/q+2/t21-,30-/m1/s1. The first-order valence-corrected chi connectivity index (χ1v) is 16.0. The third-order valence-corrected chi connectivity index (χ3v) is 15.4. The summed E-state index contributed by atoms with van der Waals surface area (Å²) in [5, 5.41) is 1.08. The van der Waals surface area contributed by atoms with E-state index in [1.165, 1.54) is 39.2 Å². The summed E-state index contributed by atoms with van der Waals surface area (Å²) in [5.41, 5.74) is 0. The molecule has 2 aliphatic heterocycles. The Morgan fingerprint density at radius 3 is 1.15 bits per heavy atom. The van der Waals surface area contributed by atoms with Gasteiger partial charge in [0.15, 0.2) is 30.1 Å². The van der Waals surface area contributed by atoms with Crippen LogP contribution in [0.5, 0.6) is 0 Å². The quantitative estimate of drug-likeness (QED) is 0.249. The van der Waals surface area contributed by atoms with Crippen LogP contribution in [-0.2, 0) is 21.8 Å². The second-order valence-corrected chi connectivity index (χ2v) is 15.6. The average Bonchev–Trinajstić information content (AvgIpc) is 2.86. The summed E-state index contributed by atoms with van der Waals surface area (Å²) in [6, 6.07) is 36.5. The third-order valence-electron chi connectivity index (χ3n) is 6.55. The van der Waals surface area contributed by atoms with Crippen molar-refractivity contribution < 1.29 is 0 Å². The molecule has 2 aliphatic rings. The highest BCUT2D eigenvalue weighted by Crippen LogP contribution is 2.52. The van der Waals surface area contributed by atoms with E-state index in [0.717, 1.165) is 0 Å². The van der Waals surface area contributed by atoms with Crippen LogP contribution in [0.15, 0.2) is 136 Å². The maximum absolute atomic E-state index is 2.54. The first kappa shape index (κ1) is 22.7. The molecule has 0 fully saturated rings. The van der Waals surface area contributed by atoms with E-state index in [1.807, 2.05) is 23.5 Å². The molecule has 0 bridgehead atoms. The summed E-state index contributed by atoms with van der Waals surface area (Å²) in [4.78, 5) is 11.9. The largest absolute Gasteiger partial charge is 0.178 e. The van der Waals surface area contributed by atoms with E-state index in [-0.39, 0.29) is 21.8 Å². The van der Waals surface area contributed by atoms with Gasteiger partial charge in [-0.3, -0.25) is 0 Å². The molecular weight excluding hydrogens is 489 g/mol. The summed E-state index contributed by atoms with van der Waals surface area (Å²) < 4.78 is 0. The zero-order valence-corrected chi connectivity index (χ0v) is 22.9. The van der Waals surface area contributed by atoms with Gasteiger partial charge in [0.2, 0.25) is 0 Å². The lowest BCUT2D eigenvalue weighted by molar-refractivity contribution is 0.591. The van der Waals surface area contributed by atoms with Gasteiger partial charge in [0.25, 0.3) is 0 Å². The van der Waals surface area contributed by atoms with Crippen LogP contribution in [0.2, 0.25) is 0 Å². The van der Waals surface area contributed by atoms with Crippen LogP contribution in [0.3, 0.4) is 0 Å². The lowest BCUT2D eigenvalue weighted by atomic mass is 10.1. The number of fused-ring (bicyclic) bond motifs is 4. The minimum Gasteiger partial charge on any atom is -0.0795 e. The van der Waals surface area contributed by atoms with Crippen molar-refractivity contribution in [2.45, 2.75) is 70.4 Å². The predicted octanol–water partition coefficient (Wildman–Crippen LogP) is 8.80. The van der Waals surface area contributed by atoms with E-state index in [1.54, 1.807) is 0 Å². The number of hydrogen-bond donors (Lipinski definition) is 0. The van der Waals surface area contributed by atoms with Gasteiger partial charge in [0.05, 0.1) is 41.4 Å². The topological polar surface area (TPSA) is 0 Å². The molecule has 0 spiro atoms. The summed E-state index contributed by atoms with van der Waals surface area (Å²) >= 11 is 3.89. The highest BCUT2D eigenvalue weighted by atomic mass is 32.2. The zero-order valence-electron chi connectivity index (χ0n) is 19.6. The molecule has 170 valence electrons. The van der Waals surface area contributed by atoms with Crippen LogP contribution in [0.25, 0.3) is 0 Å². The highest BCUT2D eigenvalue weighted by molar-refractivity contribution is 8.06. The molecule has 0 saturated heterocycles. The number of benzene rings is 4. The molecule has 6 rings (SSSR count). The molecule has 0 unspecified atom stereocenters. The molecule has 2 heterocycles.